The summed E-state index contributed by atoms with van der Waals surface area (Å²) < 4.78 is 2.16. The molecule has 0 unspecified atom stereocenters. The number of hydrogen-bond donors (Lipinski definition) is 1. The summed E-state index contributed by atoms with van der Waals surface area (Å²) >= 11 is 0. The molecule has 0 bridgehead atoms. The summed E-state index contributed by atoms with van der Waals surface area (Å²) in [5.74, 6) is 0.0705. The summed E-state index contributed by atoms with van der Waals surface area (Å²) in [6, 6.07) is 5.17. The molecule has 3 rings (SSSR count). The number of nitrogens with zero attached hydrogens (tertiary/aromatic N) is 4. The van der Waals surface area contributed by atoms with E-state index < -0.39 is 5.97 Å². The molecule has 1 aromatic carbocycles. The van der Waals surface area contributed by atoms with Crippen molar-refractivity contribution in [3.8, 4) is 0 Å². The van der Waals surface area contributed by atoms with Crippen LogP contribution in [0.3, 0.4) is 0 Å². The molecule has 0 atom stereocenters. The molecule has 0 amide bonds. The fourth-order valence-corrected chi connectivity index (χ4v) is 2.79. The number of carboxylic acid groups (broad SMARTS) is 1. The van der Waals surface area contributed by atoms with Crippen LogP contribution in [0.4, 0.5) is 0 Å². The number of piperazine rings is 1. The molecule has 6 heteroatoms. The first-order chi connectivity index (χ1) is 10.1. The summed E-state index contributed by atoms with van der Waals surface area (Å²) in [6.45, 7) is 6.03. The molecule has 1 fully saturated rings. The van der Waals surface area contributed by atoms with Gasteiger partial charge in [0.05, 0.1) is 16.6 Å². The third-order valence-electron chi connectivity index (χ3n) is 4.02. The fraction of sp³-hybridized carbons (Fsp3) is 0.467. The van der Waals surface area contributed by atoms with Crippen molar-refractivity contribution in [1.29, 1.82) is 0 Å². The monoisotopic (exact) mass is 288 g/mol. The van der Waals surface area contributed by atoms with Gasteiger partial charge >= 0.3 is 5.97 Å². The van der Waals surface area contributed by atoms with Gasteiger partial charge in [-0.25, -0.2) is 14.5 Å². The van der Waals surface area contributed by atoms with Gasteiger partial charge in [0.25, 0.3) is 0 Å². The van der Waals surface area contributed by atoms with Crippen LogP contribution in [0, 0.1) is 0 Å². The second-order valence-corrected chi connectivity index (χ2v) is 5.46. The van der Waals surface area contributed by atoms with Gasteiger partial charge in [-0.3, -0.25) is 0 Å². The highest BCUT2D eigenvalue weighted by molar-refractivity contribution is 5.92. The third kappa shape index (κ3) is 2.47. The predicted molar refractivity (Wildman–Crippen MR) is 81.5 cm³/mol. The molecule has 21 heavy (non-hydrogen) atoms. The van der Waals surface area contributed by atoms with Gasteiger partial charge < -0.3 is 15.0 Å². The summed E-state index contributed by atoms with van der Waals surface area (Å²) in [6.07, 6.45) is 0.823. The Kier molecular flexibility index (Phi) is 3.55. The standard InChI is InChI=1S/C15H20N4O2/c1-3-14-16-12-10-11(15(20)21)4-5-13(12)19(14)18-8-6-17(2)7-9-18/h4-5,10H,3,6-9H2,1-2H3,(H,20,21). The van der Waals surface area contributed by atoms with E-state index in [4.69, 9.17) is 5.11 Å². The van der Waals surface area contributed by atoms with E-state index in [9.17, 15) is 4.79 Å². The third-order valence-corrected chi connectivity index (χ3v) is 4.02. The Labute approximate surface area is 123 Å². The number of rotatable bonds is 3. The van der Waals surface area contributed by atoms with Crippen molar-refractivity contribution in [2.75, 3.05) is 38.2 Å². The van der Waals surface area contributed by atoms with Crippen LogP contribution >= 0.6 is 0 Å². The number of aromatic nitrogens is 2. The summed E-state index contributed by atoms with van der Waals surface area (Å²) in [5, 5.41) is 11.4. The lowest BCUT2D eigenvalue weighted by molar-refractivity contribution is 0.0697. The molecule has 2 aromatic rings. The highest BCUT2D eigenvalue weighted by atomic mass is 16.4. The molecule has 2 heterocycles. The first kappa shape index (κ1) is 13.9. The Morgan fingerprint density at radius 1 is 1.29 bits per heavy atom. The minimum atomic E-state index is -0.913. The van der Waals surface area contributed by atoms with Crippen LogP contribution in [0.2, 0.25) is 0 Å². The van der Waals surface area contributed by atoms with Gasteiger partial charge in [-0.1, -0.05) is 6.92 Å². The first-order valence-electron chi connectivity index (χ1n) is 7.28. The van der Waals surface area contributed by atoms with Gasteiger partial charge in [0.2, 0.25) is 0 Å². The predicted octanol–water partition coefficient (Wildman–Crippen LogP) is 1.18. The molecule has 1 aliphatic rings. The molecule has 6 nitrogen and oxygen atoms in total. The van der Waals surface area contributed by atoms with Gasteiger partial charge in [-0.05, 0) is 25.2 Å². The zero-order valence-corrected chi connectivity index (χ0v) is 12.4. The van der Waals surface area contributed by atoms with E-state index >= 15 is 0 Å². The maximum Gasteiger partial charge on any atom is 0.335 e. The van der Waals surface area contributed by atoms with Crippen LogP contribution < -0.4 is 5.01 Å². The molecular weight excluding hydrogens is 268 g/mol. The van der Waals surface area contributed by atoms with Crippen LogP contribution in [0.25, 0.3) is 11.0 Å². The SMILES string of the molecule is CCc1nc2cc(C(=O)O)ccc2n1N1CCN(C)CC1. The summed E-state index contributed by atoms with van der Waals surface area (Å²) in [5.41, 5.74) is 2.03. The van der Waals surface area contributed by atoms with Crippen molar-refractivity contribution in [2.24, 2.45) is 0 Å². The van der Waals surface area contributed by atoms with Crippen molar-refractivity contribution in [1.82, 2.24) is 14.6 Å². The van der Waals surface area contributed by atoms with Gasteiger partial charge in [0.1, 0.15) is 5.82 Å². The van der Waals surface area contributed by atoms with E-state index in [1.54, 1.807) is 12.1 Å². The molecule has 0 radical (unpaired) electrons. The molecular formula is C15H20N4O2. The molecule has 0 saturated carbocycles. The van der Waals surface area contributed by atoms with E-state index in [1.165, 1.54) is 0 Å². The Morgan fingerprint density at radius 3 is 2.62 bits per heavy atom. The quantitative estimate of drug-likeness (QED) is 0.919. The van der Waals surface area contributed by atoms with Gasteiger partial charge in [-0.2, -0.15) is 0 Å². The maximum atomic E-state index is 11.1. The molecule has 112 valence electrons. The lowest BCUT2D eigenvalue weighted by Crippen LogP contribution is -2.50. The fourth-order valence-electron chi connectivity index (χ4n) is 2.79. The van der Waals surface area contributed by atoms with E-state index in [0.29, 0.717) is 0 Å². The number of carboxylic acids is 1. The highest BCUT2D eigenvalue weighted by Gasteiger charge is 2.20. The van der Waals surface area contributed by atoms with E-state index in [-0.39, 0.29) is 5.56 Å². The zero-order valence-electron chi connectivity index (χ0n) is 12.4. The minimum absolute atomic E-state index is 0.285. The first-order valence-corrected chi connectivity index (χ1v) is 7.28. The zero-order chi connectivity index (χ0) is 15.0. The van der Waals surface area contributed by atoms with Crippen molar-refractivity contribution in [3.63, 3.8) is 0 Å². The smallest absolute Gasteiger partial charge is 0.335 e. The van der Waals surface area contributed by atoms with Crippen LogP contribution in [-0.4, -0.2) is 58.9 Å². The van der Waals surface area contributed by atoms with Crippen molar-refractivity contribution in [3.05, 3.63) is 29.6 Å². The number of carbonyl (C=O) groups is 1. The average molecular weight is 288 g/mol. The van der Waals surface area contributed by atoms with E-state index in [2.05, 4.69) is 33.5 Å². The Bertz CT molecular complexity index is 672. The Hall–Kier alpha value is -2.08. The Morgan fingerprint density at radius 2 is 2.00 bits per heavy atom. The number of fused-ring (bicyclic) bond motifs is 1. The average Bonchev–Trinajstić information content (AvgIpc) is 2.85. The topological polar surface area (TPSA) is 61.6 Å². The van der Waals surface area contributed by atoms with Gasteiger partial charge in [0, 0.05) is 32.6 Å². The van der Waals surface area contributed by atoms with Crippen LogP contribution in [-0.2, 0) is 6.42 Å². The van der Waals surface area contributed by atoms with Gasteiger partial charge in [0.15, 0.2) is 0 Å². The lowest BCUT2D eigenvalue weighted by Gasteiger charge is -2.35. The second kappa shape index (κ2) is 5.37. The highest BCUT2D eigenvalue weighted by Crippen LogP contribution is 2.20. The van der Waals surface area contributed by atoms with Crippen molar-refractivity contribution in [2.45, 2.75) is 13.3 Å². The number of benzene rings is 1. The number of imidazole rings is 1. The normalized spacial score (nSPS) is 16.6. The largest absolute Gasteiger partial charge is 0.478 e. The second-order valence-electron chi connectivity index (χ2n) is 5.46. The molecule has 0 aliphatic carbocycles. The number of likely N-dealkylation sites (N-methyl/N-ethyl adjacent to an activating group) is 1. The molecule has 1 saturated heterocycles. The van der Waals surface area contributed by atoms with E-state index in [1.807, 2.05) is 6.07 Å². The number of hydrogen-bond acceptors (Lipinski definition) is 4. The summed E-state index contributed by atoms with van der Waals surface area (Å²) in [4.78, 5) is 18.0. The van der Waals surface area contributed by atoms with Crippen molar-refractivity contribution >= 4 is 17.0 Å². The van der Waals surface area contributed by atoms with E-state index in [0.717, 1.165) is 49.5 Å². The van der Waals surface area contributed by atoms with Gasteiger partial charge in [-0.15, -0.1) is 0 Å². The van der Waals surface area contributed by atoms with Crippen LogP contribution in [0.1, 0.15) is 23.1 Å². The molecule has 1 aromatic heterocycles. The van der Waals surface area contributed by atoms with Crippen LogP contribution in [0.5, 0.6) is 0 Å². The molecule has 0 spiro atoms. The molecule has 1 N–H and O–H groups in total. The number of aryl methyl sites for hydroxylation is 1. The number of aromatic carboxylic acids is 1. The maximum absolute atomic E-state index is 11.1. The Balaban J connectivity index is 2.06. The van der Waals surface area contributed by atoms with Crippen LogP contribution in [0.15, 0.2) is 18.2 Å². The van der Waals surface area contributed by atoms with Crippen molar-refractivity contribution < 1.29 is 9.90 Å². The minimum Gasteiger partial charge on any atom is -0.478 e. The molecule has 1 aliphatic heterocycles. The summed E-state index contributed by atoms with van der Waals surface area (Å²) in [7, 11) is 2.13. The lowest BCUT2D eigenvalue weighted by atomic mass is 10.2.